The zero-order chi connectivity index (χ0) is 13.4. The summed E-state index contributed by atoms with van der Waals surface area (Å²) in [5.74, 6) is 1.15. The molecule has 1 heterocycles. The molecule has 1 N–H and O–H groups in total. The minimum absolute atomic E-state index is 0.736. The third kappa shape index (κ3) is 2.50. The van der Waals surface area contributed by atoms with E-state index in [9.17, 15) is 0 Å². The van der Waals surface area contributed by atoms with Crippen molar-refractivity contribution in [2.24, 2.45) is 0 Å². The number of aryl methyl sites for hydroxylation is 2. The Bertz CT molecular complexity index is 610. The lowest BCUT2D eigenvalue weighted by molar-refractivity contribution is 0.618. The van der Waals surface area contributed by atoms with Crippen LogP contribution in [0.15, 0.2) is 30.6 Å². The van der Waals surface area contributed by atoms with Crippen molar-refractivity contribution in [1.82, 2.24) is 14.9 Å². The molecule has 0 bridgehead atoms. The lowest BCUT2D eigenvalue weighted by Gasteiger charge is -2.10. The lowest BCUT2D eigenvalue weighted by atomic mass is 10.1. The maximum absolute atomic E-state index is 4.49. The summed E-state index contributed by atoms with van der Waals surface area (Å²) in [5.41, 5.74) is 4.51. The molecule has 3 heteroatoms. The number of imidazole rings is 1. The first-order valence-corrected chi connectivity index (χ1v) is 7.72. The number of rotatable bonds is 5. The molecule has 4 rings (SSSR count). The van der Waals surface area contributed by atoms with Gasteiger partial charge in [-0.2, -0.15) is 0 Å². The molecule has 0 amide bonds. The van der Waals surface area contributed by atoms with Crippen LogP contribution in [-0.4, -0.2) is 15.6 Å². The lowest BCUT2D eigenvalue weighted by Crippen LogP contribution is -2.19. The van der Waals surface area contributed by atoms with E-state index in [0.717, 1.165) is 25.0 Å². The average Bonchev–Trinajstić information content (AvgIpc) is 2.99. The molecule has 0 aliphatic heterocycles. The Labute approximate surface area is 120 Å². The summed E-state index contributed by atoms with van der Waals surface area (Å²) in [7, 11) is 0. The van der Waals surface area contributed by atoms with Crippen LogP contribution in [0.2, 0.25) is 0 Å². The standard InChI is InChI=1S/C17H21N3/c1-2-14-5-4-13(10-15(14)3-1)12-20-9-8-18-17(20)11-19-16-6-7-16/h4-5,8-10,16,19H,1-3,6-7,11-12H2. The van der Waals surface area contributed by atoms with E-state index in [1.807, 2.05) is 6.20 Å². The number of fused-ring (bicyclic) bond motifs is 1. The van der Waals surface area contributed by atoms with Gasteiger partial charge in [-0.1, -0.05) is 18.2 Å². The topological polar surface area (TPSA) is 29.9 Å². The summed E-state index contributed by atoms with van der Waals surface area (Å²) in [5, 5.41) is 3.54. The van der Waals surface area contributed by atoms with Crippen LogP contribution in [0.3, 0.4) is 0 Å². The van der Waals surface area contributed by atoms with Crippen molar-refractivity contribution in [1.29, 1.82) is 0 Å². The van der Waals surface area contributed by atoms with Gasteiger partial charge in [-0.3, -0.25) is 0 Å². The van der Waals surface area contributed by atoms with Crippen LogP contribution in [0.1, 0.15) is 41.8 Å². The predicted octanol–water partition coefficient (Wildman–Crippen LogP) is 2.67. The van der Waals surface area contributed by atoms with Crippen LogP contribution in [-0.2, 0) is 25.9 Å². The fourth-order valence-corrected chi connectivity index (χ4v) is 3.09. The van der Waals surface area contributed by atoms with Crippen LogP contribution in [0.25, 0.3) is 0 Å². The maximum Gasteiger partial charge on any atom is 0.122 e. The number of nitrogens with one attached hydrogen (secondary N) is 1. The van der Waals surface area contributed by atoms with Crippen molar-refractivity contribution in [2.45, 2.75) is 51.2 Å². The number of benzene rings is 1. The van der Waals surface area contributed by atoms with E-state index in [1.54, 1.807) is 11.1 Å². The Morgan fingerprint density at radius 2 is 2.10 bits per heavy atom. The predicted molar refractivity (Wildman–Crippen MR) is 79.7 cm³/mol. The van der Waals surface area contributed by atoms with E-state index in [4.69, 9.17) is 0 Å². The summed E-state index contributed by atoms with van der Waals surface area (Å²) >= 11 is 0. The summed E-state index contributed by atoms with van der Waals surface area (Å²) in [6.45, 7) is 1.83. The second kappa shape index (κ2) is 5.06. The van der Waals surface area contributed by atoms with E-state index in [0.29, 0.717) is 0 Å². The van der Waals surface area contributed by atoms with Crippen molar-refractivity contribution in [2.75, 3.05) is 0 Å². The molecule has 0 radical (unpaired) electrons. The quantitative estimate of drug-likeness (QED) is 0.902. The van der Waals surface area contributed by atoms with Gasteiger partial charge in [-0.25, -0.2) is 4.98 Å². The van der Waals surface area contributed by atoms with Gasteiger partial charge in [0, 0.05) is 25.0 Å². The van der Waals surface area contributed by atoms with Gasteiger partial charge in [-0.15, -0.1) is 0 Å². The number of hydrogen-bond donors (Lipinski definition) is 1. The smallest absolute Gasteiger partial charge is 0.122 e. The van der Waals surface area contributed by atoms with E-state index < -0.39 is 0 Å². The molecule has 2 aromatic rings. The summed E-state index contributed by atoms with van der Waals surface area (Å²) in [4.78, 5) is 4.49. The first kappa shape index (κ1) is 12.2. The van der Waals surface area contributed by atoms with Crippen molar-refractivity contribution in [3.05, 3.63) is 53.1 Å². The monoisotopic (exact) mass is 267 g/mol. The van der Waals surface area contributed by atoms with Crippen LogP contribution in [0, 0.1) is 0 Å². The van der Waals surface area contributed by atoms with Gasteiger partial charge < -0.3 is 9.88 Å². The molecular weight excluding hydrogens is 246 g/mol. The largest absolute Gasteiger partial charge is 0.329 e. The van der Waals surface area contributed by atoms with Crippen molar-refractivity contribution >= 4 is 0 Å². The van der Waals surface area contributed by atoms with Gasteiger partial charge >= 0.3 is 0 Å². The van der Waals surface area contributed by atoms with Crippen LogP contribution in [0.5, 0.6) is 0 Å². The molecule has 0 saturated heterocycles. The number of aromatic nitrogens is 2. The van der Waals surface area contributed by atoms with Crippen LogP contribution >= 0.6 is 0 Å². The Hall–Kier alpha value is -1.61. The highest BCUT2D eigenvalue weighted by Crippen LogP contribution is 2.23. The number of hydrogen-bond acceptors (Lipinski definition) is 2. The molecule has 1 aromatic carbocycles. The molecule has 2 aliphatic carbocycles. The highest BCUT2D eigenvalue weighted by molar-refractivity contribution is 5.35. The van der Waals surface area contributed by atoms with Gasteiger partial charge in [0.05, 0.1) is 6.54 Å². The highest BCUT2D eigenvalue weighted by Gasteiger charge is 2.20. The van der Waals surface area contributed by atoms with E-state index >= 15 is 0 Å². The Morgan fingerprint density at radius 3 is 3.00 bits per heavy atom. The molecule has 0 unspecified atom stereocenters. The van der Waals surface area contributed by atoms with Crippen LogP contribution in [0.4, 0.5) is 0 Å². The molecule has 1 fully saturated rings. The first-order chi connectivity index (χ1) is 9.88. The van der Waals surface area contributed by atoms with Gasteiger partial charge in [0.2, 0.25) is 0 Å². The molecule has 1 saturated carbocycles. The molecule has 2 aliphatic rings. The van der Waals surface area contributed by atoms with Crippen molar-refractivity contribution in [3.63, 3.8) is 0 Å². The van der Waals surface area contributed by atoms with Gasteiger partial charge in [0.15, 0.2) is 0 Å². The normalized spacial score (nSPS) is 17.4. The van der Waals surface area contributed by atoms with E-state index in [-0.39, 0.29) is 0 Å². The van der Waals surface area contributed by atoms with Crippen molar-refractivity contribution in [3.8, 4) is 0 Å². The Morgan fingerprint density at radius 1 is 1.20 bits per heavy atom. The molecular formula is C17H21N3. The Kier molecular flexibility index (Phi) is 3.07. The summed E-state index contributed by atoms with van der Waals surface area (Å²) in [6, 6.07) is 7.72. The second-order valence-corrected chi connectivity index (χ2v) is 6.08. The Balaban J connectivity index is 1.49. The summed E-state index contributed by atoms with van der Waals surface area (Å²) < 4.78 is 2.27. The third-order valence-corrected chi connectivity index (χ3v) is 4.44. The fraction of sp³-hybridized carbons (Fsp3) is 0.471. The van der Waals surface area contributed by atoms with Gasteiger partial charge in [0.1, 0.15) is 5.82 Å². The van der Waals surface area contributed by atoms with E-state index in [2.05, 4.69) is 39.3 Å². The second-order valence-electron chi connectivity index (χ2n) is 6.08. The van der Waals surface area contributed by atoms with Crippen molar-refractivity contribution < 1.29 is 0 Å². The molecule has 0 spiro atoms. The van der Waals surface area contributed by atoms with Crippen LogP contribution < -0.4 is 5.32 Å². The number of nitrogens with zero attached hydrogens (tertiary/aromatic N) is 2. The van der Waals surface area contributed by atoms with Gasteiger partial charge in [-0.05, 0) is 48.8 Å². The maximum atomic E-state index is 4.49. The van der Waals surface area contributed by atoms with E-state index in [1.165, 1.54) is 37.7 Å². The fourth-order valence-electron chi connectivity index (χ4n) is 3.09. The molecule has 20 heavy (non-hydrogen) atoms. The first-order valence-electron chi connectivity index (χ1n) is 7.72. The molecule has 3 nitrogen and oxygen atoms in total. The average molecular weight is 267 g/mol. The summed E-state index contributed by atoms with van der Waals surface area (Å²) in [6.07, 6.45) is 10.5. The molecule has 1 aromatic heterocycles. The van der Waals surface area contributed by atoms with Gasteiger partial charge in [0.25, 0.3) is 0 Å². The minimum Gasteiger partial charge on any atom is -0.329 e. The zero-order valence-electron chi connectivity index (χ0n) is 11.8. The molecule has 0 atom stereocenters. The third-order valence-electron chi connectivity index (χ3n) is 4.44. The zero-order valence-corrected chi connectivity index (χ0v) is 11.8. The SMILES string of the molecule is c1cn(Cc2ccc3c(c2)CCC3)c(CNC2CC2)n1. The highest BCUT2D eigenvalue weighted by atomic mass is 15.1. The minimum atomic E-state index is 0.736. The molecule has 104 valence electrons.